The van der Waals surface area contributed by atoms with Gasteiger partial charge in [0, 0.05) is 38.0 Å². The summed E-state index contributed by atoms with van der Waals surface area (Å²) in [6.45, 7) is 4.05. The highest BCUT2D eigenvalue weighted by molar-refractivity contribution is 4.97. The van der Waals surface area contributed by atoms with Crippen LogP contribution in [0, 0.1) is 0 Å². The predicted octanol–water partition coefficient (Wildman–Crippen LogP) is 1.34. The second kappa shape index (κ2) is 5.46. The summed E-state index contributed by atoms with van der Waals surface area (Å²) in [7, 11) is 0. The summed E-state index contributed by atoms with van der Waals surface area (Å²) in [4.78, 5) is 4.37. The fourth-order valence-corrected chi connectivity index (χ4v) is 2.26. The first-order chi connectivity index (χ1) is 7.81. The quantitative estimate of drug-likeness (QED) is 0.819. The third-order valence-electron chi connectivity index (χ3n) is 3.13. The molecule has 0 aliphatic carbocycles. The Morgan fingerprint density at radius 2 is 2.56 bits per heavy atom. The van der Waals surface area contributed by atoms with Crippen LogP contribution in [-0.2, 0) is 17.7 Å². The molecule has 4 nitrogen and oxygen atoms in total. The molecule has 16 heavy (non-hydrogen) atoms. The van der Waals surface area contributed by atoms with Crippen LogP contribution in [0.15, 0.2) is 12.4 Å². The summed E-state index contributed by atoms with van der Waals surface area (Å²) in [6, 6.07) is 0.0838. The Labute approximate surface area is 96.8 Å². The fraction of sp³-hybridized carbons (Fsp3) is 0.750. The molecule has 2 heterocycles. The lowest BCUT2D eigenvalue weighted by Gasteiger charge is -2.18. The van der Waals surface area contributed by atoms with Crippen molar-refractivity contribution in [2.24, 2.45) is 5.73 Å². The molecule has 1 aliphatic rings. The molecule has 90 valence electrons. The van der Waals surface area contributed by atoms with Gasteiger partial charge in [0.2, 0.25) is 0 Å². The molecule has 1 aromatic rings. The average molecular weight is 223 g/mol. The molecule has 0 aromatic carbocycles. The maximum Gasteiger partial charge on any atom is 0.110 e. The Bertz CT molecular complexity index is 318. The minimum Gasteiger partial charge on any atom is -0.377 e. The number of nitrogens with zero attached hydrogens (tertiary/aromatic N) is 2. The summed E-state index contributed by atoms with van der Waals surface area (Å²) in [5.74, 6) is 1.09. The number of aryl methyl sites for hydroxylation is 1. The van der Waals surface area contributed by atoms with Crippen molar-refractivity contribution in [2.45, 2.75) is 51.3 Å². The van der Waals surface area contributed by atoms with Gasteiger partial charge < -0.3 is 15.0 Å². The van der Waals surface area contributed by atoms with E-state index >= 15 is 0 Å². The zero-order valence-corrected chi connectivity index (χ0v) is 9.93. The number of ether oxygens (including phenoxy) is 1. The lowest BCUT2D eigenvalue weighted by atomic mass is 10.1. The molecule has 0 saturated carbocycles. The standard InChI is InChI=1S/C12H21N3O/c1-2-6-15-7-5-14-12(15)9-10(13)11-4-3-8-16-11/h5,7,10-11H,2-4,6,8-9,13H2,1H3. The Morgan fingerprint density at radius 3 is 3.25 bits per heavy atom. The monoisotopic (exact) mass is 223 g/mol. The van der Waals surface area contributed by atoms with Crippen LogP contribution in [0.25, 0.3) is 0 Å². The zero-order valence-electron chi connectivity index (χ0n) is 9.93. The number of aromatic nitrogens is 2. The maximum absolute atomic E-state index is 6.16. The Hall–Kier alpha value is -0.870. The molecule has 1 aromatic heterocycles. The van der Waals surface area contributed by atoms with Gasteiger partial charge in [0.25, 0.3) is 0 Å². The van der Waals surface area contributed by atoms with Crippen LogP contribution in [0.3, 0.4) is 0 Å². The molecule has 1 aliphatic heterocycles. The fourth-order valence-electron chi connectivity index (χ4n) is 2.26. The molecule has 2 atom stereocenters. The van der Waals surface area contributed by atoms with Crippen LogP contribution in [0.1, 0.15) is 32.0 Å². The first-order valence-corrected chi connectivity index (χ1v) is 6.18. The normalized spacial score (nSPS) is 22.5. The molecule has 4 heteroatoms. The van der Waals surface area contributed by atoms with Gasteiger partial charge in [-0.15, -0.1) is 0 Å². The van der Waals surface area contributed by atoms with Gasteiger partial charge in [-0.1, -0.05) is 6.92 Å². The van der Waals surface area contributed by atoms with E-state index in [4.69, 9.17) is 10.5 Å². The van der Waals surface area contributed by atoms with Crippen LogP contribution in [0.4, 0.5) is 0 Å². The van der Waals surface area contributed by atoms with Crippen molar-refractivity contribution in [3.8, 4) is 0 Å². The van der Waals surface area contributed by atoms with Gasteiger partial charge in [0.1, 0.15) is 5.82 Å². The van der Waals surface area contributed by atoms with E-state index < -0.39 is 0 Å². The minimum atomic E-state index is 0.0838. The Kier molecular flexibility index (Phi) is 3.96. The highest BCUT2D eigenvalue weighted by Gasteiger charge is 2.24. The summed E-state index contributed by atoms with van der Waals surface area (Å²) in [6.07, 6.45) is 8.29. The predicted molar refractivity (Wildman–Crippen MR) is 63.2 cm³/mol. The third-order valence-corrected chi connectivity index (χ3v) is 3.13. The lowest BCUT2D eigenvalue weighted by Crippen LogP contribution is -2.37. The summed E-state index contributed by atoms with van der Waals surface area (Å²) in [5, 5.41) is 0. The van der Waals surface area contributed by atoms with Crippen LogP contribution in [0.5, 0.6) is 0 Å². The smallest absolute Gasteiger partial charge is 0.110 e. The van der Waals surface area contributed by atoms with E-state index in [1.54, 1.807) is 0 Å². The van der Waals surface area contributed by atoms with Crippen molar-refractivity contribution < 1.29 is 4.74 Å². The molecule has 0 spiro atoms. The van der Waals surface area contributed by atoms with Gasteiger partial charge in [-0.25, -0.2) is 4.98 Å². The van der Waals surface area contributed by atoms with E-state index in [1.807, 2.05) is 12.4 Å². The van der Waals surface area contributed by atoms with E-state index in [9.17, 15) is 0 Å². The average Bonchev–Trinajstić information content (AvgIpc) is 2.90. The van der Waals surface area contributed by atoms with Gasteiger partial charge in [-0.2, -0.15) is 0 Å². The first kappa shape index (κ1) is 11.6. The van der Waals surface area contributed by atoms with Crippen LogP contribution in [0.2, 0.25) is 0 Å². The molecule has 1 saturated heterocycles. The van der Waals surface area contributed by atoms with E-state index in [1.165, 1.54) is 0 Å². The molecule has 0 radical (unpaired) electrons. The lowest BCUT2D eigenvalue weighted by molar-refractivity contribution is 0.0892. The van der Waals surface area contributed by atoms with Crippen molar-refractivity contribution in [1.29, 1.82) is 0 Å². The Balaban J connectivity index is 1.94. The van der Waals surface area contributed by atoms with Crippen molar-refractivity contribution in [2.75, 3.05) is 6.61 Å². The molecule has 2 rings (SSSR count). The molecule has 1 fully saturated rings. The molecule has 2 N–H and O–H groups in total. The third kappa shape index (κ3) is 2.62. The molecule has 2 unspecified atom stereocenters. The van der Waals surface area contributed by atoms with E-state index in [-0.39, 0.29) is 12.1 Å². The van der Waals surface area contributed by atoms with Gasteiger partial charge in [-0.05, 0) is 19.3 Å². The van der Waals surface area contributed by atoms with Gasteiger partial charge in [0.15, 0.2) is 0 Å². The highest BCUT2D eigenvalue weighted by Crippen LogP contribution is 2.16. The van der Waals surface area contributed by atoms with E-state index in [0.717, 1.165) is 44.7 Å². The zero-order chi connectivity index (χ0) is 11.4. The largest absolute Gasteiger partial charge is 0.377 e. The minimum absolute atomic E-state index is 0.0838. The van der Waals surface area contributed by atoms with Crippen LogP contribution < -0.4 is 5.73 Å². The maximum atomic E-state index is 6.16. The van der Waals surface area contributed by atoms with E-state index in [0.29, 0.717) is 0 Å². The van der Waals surface area contributed by atoms with Gasteiger partial charge >= 0.3 is 0 Å². The van der Waals surface area contributed by atoms with Crippen molar-refractivity contribution in [3.05, 3.63) is 18.2 Å². The van der Waals surface area contributed by atoms with Crippen LogP contribution >= 0.6 is 0 Å². The number of imidazole rings is 1. The molecule has 0 amide bonds. The Morgan fingerprint density at radius 1 is 1.69 bits per heavy atom. The SMILES string of the molecule is CCCn1ccnc1CC(N)C1CCCO1. The number of rotatable bonds is 5. The topological polar surface area (TPSA) is 53.1 Å². The van der Waals surface area contributed by atoms with Crippen molar-refractivity contribution in [3.63, 3.8) is 0 Å². The summed E-state index contributed by atoms with van der Waals surface area (Å²) < 4.78 is 7.79. The summed E-state index contributed by atoms with van der Waals surface area (Å²) >= 11 is 0. The van der Waals surface area contributed by atoms with Crippen molar-refractivity contribution in [1.82, 2.24) is 9.55 Å². The number of hydrogen-bond acceptors (Lipinski definition) is 3. The molecular formula is C12H21N3O. The van der Waals surface area contributed by atoms with Crippen LogP contribution in [-0.4, -0.2) is 28.3 Å². The summed E-state index contributed by atoms with van der Waals surface area (Å²) in [5.41, 5.74) is 6.16. The van der Waals surface area contributed by atoms with Gasteiger partial charge in [0.05, 0.1) is 6.10 Å². The van der Waals surface area contributed by atoms with Gasteiger partial charge in [-0.3, -0.25) is 0 Å². The number of hydrogen-bond donors (Lipinski definition) is 1. The highest BCUT2D eigenvalue weighted by atomic mass is 16.5. The second-order valence-corrected chi connectivity index (χ2v) is 4.46. The first-order valence-electron chi connectivity index (χ1n) is 6.18. The number of nitrogens with two attached hydrogens (primary N) is 1. The molecular weight excluding hydrogens is 202 g/mol. The second-order valence-electron chi connectivity index (χ2n) is 4.46. The van der Waals surface area contributed by atoms with Crippen molar-refractivity contribution >= 4 is 0 Å². The van der Waals surface area contributed by atoms with E-state index in [2.05, 4.69) is 16.5 Å². The molecule has 0 bridgehead atoms.